The van der Waals surface area contributed by atoms with Crippen molar-refractivity contribution in [1.29, 1.82) is 0 Å². The van der Waals surface area contributed by atoms with Crippen molar-refractivity contribution < 1.29 is 9.15 Å². The van der Waals surface area contributed by atoms with Gasteiger partial charge in [-0.3, -0.25) is 0 Å². The highest BCUT2D eigenvalue weighted by molar-refractivity contribution is 6.30. The Morgan fingerprint density at radius 3 is 2.64 bits per heavy atom. The Labute approximate surface area is 68.2 Å². The molecular formula is C7H6ClFNO+. The molecular weight excluding hydrogens is 169 g/mol. The molecule has 0 aliphatic carbocycles. The van der Waals surface area contributed by atoms with E-state index in [1.54, 1.807) is 0 Å². The molecule has 0 radical (unpaired) electrons. The van der Waals surface area contributed by atoms with E-state index in [0.717, 1.165) is 6.07 Å². The molecule has 11 heavy (non-hydrogen) atoms. The molecule has 1 aromatic rings. The van der Waals surface area contributed by atoms with Crippen molar-refractivity contribution in [3.05, 3.63) is 33.9 Å². The first-order chi connectivity index (χ1) is 5.11. The first kappa shape index (κ1) is 8.14. The monoisotopic (exact) mass is 174 g/mol. The molecule has 0 amide bonds. The number of hydrogen-bond donors (Lipinski definition) is 0. The topological polar surface area (TPSA) is 20.1 Å². The van der Waals surface area contributed by atoms with E-state index >= 15 is 0 Å². The van der Waals surface area contributed by atoms with Gasteiger partial charge in [-0.1, -0.05) is 11.6 Å². The van der Waals surface area contributed by atoms with Crippen LogP contribution in [0.4, 0.5) is 10.1 Å². The number of nitroso groups, excluding NO2 is 1. The van der Waals surface area contributed by atoms with E-state index in [9.17, 15) is 9.30 Å². The fraction of sp³-hybridized carbons (Fsp3) is 0.143. The van der Waals surface area contributed by atoms with Gasteiger partial charge < -0.3 is 0 Å². The van der Waals surface area contributed by atoms with Crippen molar-refractivity contribution in [1.82, 2.24) is 0 Å². The molecule has 0 aliphatic rings. The highest BCUT2D eigenvalue weighted by Gasteiger charge is 2.13. The molecule has 2 nitrogen and oxygen atoms in total. The van der Waals surface area contributed by atoms with Crippen LogP contribution in [0.2, 0.25) is 5.02 Å². The first-order valence-corrected chi connectivity index (χ1v) is 3.35. The van der Waals surface area contributed by atoms with Gasteiger partial charge in [-0.05, 0) is 12.1 Å². The van der Waals surface area contributed by atoms with Crippen LogP contribution < -0.4 is 0 Å². The van der Waals surface area contributed by atoms with Gasteiger partial charge in [0.2, 0.25) is 0 Å². The molecule has 0 atom stereocenters. The molecule has 0 aromatic heterocycles. The van der Waals surface area contributed by atoms with E-state index in [0.29, 0.717) is 9.78 Å². The van der Waals surface area contributed by atoms with E-state index in [1.807, 2.05) is 0 Å². The summed E-state index contributed by atoms with van der Waals surface area (Å²) in [4.78, 5) is 10.6. The lowest BCUT2D eigenvalue weighted by Gasteiger charge is -1.90. The van der Waals surface area contributed by atoms with Crippen LogP contribution >= 0.6 is 11.6 Å². The zero-order valence-corrected chi connectivity index (χ0v) is 6.60. The number of benzene rings is 1. The van der Waals surface area contributed by atoms with E-state index < -0.39 is 5.82 Å². The standard InChI is InChI=1S/C7H6ClFNO/c1-10(11)7-4-5(8)2-3-6(7)9/h2-4H,1H3/q+1. The third-order valence-electron chi connectivity index (χ3n) is 1.25. The Morgan fingerprint density at radius 1 is 1.55 bits per heavy atom. The predicted molar refractivity (Wildman–Crippen MR) is 40.6 cm³/mol. The number of halogens is 2. The van der Waals surface area contributed by atoms with Gasteiger partial charge in [0.1, 0.15) is 0 Å². The van der Waals surface area contributed by atoms with Gasteiger partial charge >= 0.3 is 0 Å². The van der Waals surface area contributed by atoms with Gasteiger partial charge in [0, 0.05) is 20.8 Å². The molecule has 1 aromatic carbocycles. The third-order valence-corrected chi connectivity index (χ3v) is 1.48. The minimum Gasteiger partial charge on any atom is -0.199 e. The van der Waals surface area contributed by atoms with Crippen LogP contribution in [0.25, 0.3) is 0 Å². The average molecular weight is 175 g/mol. The normalized spacial score (nSPS) is 9.73. The number of rotatable bonds is 1. The van der Waals surface area contributed by atoms with E-state index in [1.165, 1.54) is 19.2 Å². The summed E-state index contributed by atoms with van der Waals surface area (Å²) < 4.78 is 13.2. The lowest BCUT2D eigenvalue weighted by Crippen LogP contribution is -1.93. The van der Waals surface area contributed by atoms with Crippen LogP contribution in [-0.4, -0.2) is 11.8 Å². The molecule has 0 N–H and O–H groups in total. The minimum absolute atomic E-state index is 0.0440. The summed E-state index contributed by atoms with van der Waals surface area (Å²) >= 11 is 5.53. The van der Waals surface area contributed by atoms with Gasteiger partial charge in [0.25, 0.3) is 5.69 Å². The summed E-state index contributed by atoms with van der Waals surface area (Å²) in [7, 11) is 1.22. The van der Waals surface area contributed by atoms with Crippen molar-refractivity contribution in [2.45, 2.75) is 0 Å². The molecule has 0 saturated heterocycles. The van der Waals surface area contributed by atoms with Crippen molar-refractivity contribution in [3.63, 3.8) is 0 Å². The highest BCUT2D eigenvalue weighted by atomic mass is 35.5. The highest BCUT2D eigenvalue weighted by Crippen LogP contribution is 2.20. The van der Waals surface area contributed by atoms with Crippen LogP contribution in [0.3, 0.4) is 0 Å². The number of hydrogen-bond acceptors (Lipinski definition) is 1. The summed E-state index contributed by atoms with van der Waals surface area (Å²) in [6.07, 6.45) is 0. The van der Waals surface area contributed by atoms with Crippen molar-refractivity contribution >= 4 is 17.3 Å². The third kappa shape index (κ3) is 1.74. The molecule has 1 rings (SSSR count). The van der Waals surface area contributed by atoms with Crippen molar-refractivity contribution in [2.24, 2.45) is 0 Å². The summed E-state index contributed by atoms with van der Waals surface area (Å²) in [6, 6.07) is 3.83. The molecule has 58 valence electrons. The molecule has 0 spiro atoms. The maximum Gasteiger partial charge on any atom is 0.292 e. The first-order valence-electron chi connectivity index (χ1n) is 2.97. The largest absolute Gasteiger partial charge is 0.292 e. The van der Waals surface area contributed by atoms with Gasteiger partial charge in [-0.25, -0.2) is 0 Å². The summed E-state index contributed by atoms with van der Waals surface area (Å²) in [5, 5.41) is 0.351. The Morgan fingerprint density at radius 2 is 2.18 bits per heavy atom. The second kappa shape index (κ2) is 2.96. The Kier molecular flexibility index (Phi) is 2.19. The predicted octanol–water partition coefficient (Wildman–Crippen LogP) is 2.52. The van der Waals surface area contributed by atoms with E-state index in [2.05, 4.69) is 0 Å². The maximum atomic E-state index is 12.7. The van der Waals surface area contributed by atoms with Gasteiger partial charge in [0.15, 0.2) is 12.9 Å². The summed E-state index contributed by atoms with van der Waals surface area (Å²) in [5.74, 6) is -0.563. The lowest BCUT2D eigenvalue weighted by atomic mass is 10.3. The molecule has 0 fully saturated rings. The van der Waals surface area contributed by atoms with Crippen LogP contribution in [0.5, 0.6) is 0 Å². The Bertz CT molecular complexity index is 300. The second-order valence-corrected chi connectivity index (χ2v) is 2.53. The molecule has 0 saturated carbocycles. The summed E-state index contributed by atoms with van der Waals surface area (Å²) in [6.45, 7) is 0. The zero-order valence-electron chi connectivity index (χ0n) is 5.84. The molecule has 0 unspecified atom stereocenters. The number of nitrogens with zero attached hydrogens (tertiary/aromatic N) is 1. The fourth-order valence-corrected chi connectivity index (χ4v) is 0.893. The van der Waals surface area contributed by atoms with Gasteiger partial charge in [0.05, 0.1) is 0 Å². The quantitative estimate of drug-likeness (QED) is 0.599. The van der Waals surface area contributed by atoms with Gasteiger partial charge in [-0.15, -0.1) is 0 Å². The van der Waals surface area contributed by atoms with Crippen LogP contribution in [0.1, 0.15) is 0 Å². The lowest BCUT2D eigenvalue weighted by molar-refractivity contribution is -0.430. The van der Waals surface area contributed by atoms with Crippen molar-refractivity contribution in [3.8, 4) is 0 Å². The van der Waals surface area contributed by atoms with Crippen LogP contribution in [0.15, 0.2) is 18.2 Å². The minimum atomic E-state index is -0.563. The Hall–Kier alpha value is -0.960. The van der Waals surface area contributed by atoms with Crippen molar-refractivity contribution in [2.75, 3.05) is 7.05 Å². The van der Waals surface area contributed by atoms with Crippen LogP contribution in [0, 0.1) is 10.7 Å². The summed E-state index contributed by atoms with van der Waals surface area (Å²) in [5.41, 5.74) is -0.0440. The zero-order chi connectivity index (χ0) is 8.43. The Balaban J connectivity index is 3.23. The van der Waals surface area contributed by atoms with Crippen LogP contribution in [-0.2, 0) is 0 Å². The smallest absolute Gasteiger partial charge is 0.199 e. The maximum absolute atomic E-state index is 12.7. The average Bonchev–Trinajstić information content (AvgIpc) is 1.94. The molecule has 0 aliphatic heterocycles. The molecule has 4 heteroatoms. The SMILES string of the molecule is C[N+](=O)c1cc(Cl)ccc1F. The fourth-order valence-electron chi connectivity index (χ4n) is 0.727. The van der Waals surface area contributed by atoms with Gasteiger partial charge in [-0.2, -0.15) is 4.39 Å². The second-order valence-electron chi connectivity index (χ2n) is 2.09. The molecule has 0 heterocycles. The van der Waals surface area contributed by atoms with E-state index in [-0.39, 0.29) is 5.69 Å². The molecule has 0 bridgehead atoms. The van der Waals surface area contributed by atoms with E-state index in [4.69, 9.17) is 11.6 Å².